The Morgan fingerprint density at radius 2 is 2.22 bits per heavy atom. The molecular weight excluding hydrogens is 312 g/mol. The summed E-state index contributed by atoms with van der Waals surface area (Å²) in [5, 5.41) is 3.07. The lowest BCUT2D eigenvalue weighted by Crippen LogP contribution is -2.42. The van der Waals surface area contributed by atoms with Crippen LogP contribution in [0, 0.1) is 0 Å². The quantitative estimate of drug-likeness (QED) is 0.806. The second-order valence-corrected chi connectivity index (χ2v) is 6.47. The smallest absolute Gasteiger partial charge is 0.337 e. The van der Waals surface area contributed by atoms with Gasteiger partial charge in [-0.05, 0) is 19.1 Å². The summed E-state index contributed by atoms with van der Waals surface area (Å²) in [6.45, 7) is 5.55. The van der Waals surface area contributed by atoms with E-state index in [9.17, 15) is 4.79 Å². The molecule has 6 heteroatoms. The Morgan fingerprint density at radius 3 is 2.91 bits per heavy atom. The van der Waals surface area contributed by atoms with Gasteiger partial charge in [0.2, 0.25) is 0 Å². The van der Waals surface area contributed by atoms with Crippen LogP contribution in [0.1, 0.15) is 23.0 Å². The Hall–Kier alpha value is -1.76. The highest BCUT2D eigenvalue weighted by Crippen LogP contribution is 2.25. The van der Waals surface area contributed by atoms with Crippen LogP contribution in [-0.4, -0.2) is 48.8 Å². The van der Waals surface area contributed by atoms with Crippen molar-refractivity contribution in [1.82, 2.24) is 9.88 Å². The number of rotatable bonds is 4. The molecule has 1 aromatic heterocycles. The number of nitrogens with zero attached hydrogens (tertiary/aromatic N) is 2. The van der Waals surface area contributed by atoms with E-state index in [1.54, 1.807) is 23.5 Å². The maximum Gasteiger partial charge on any atom is 0.337 e. The van der Waals surface area contributed by atoms with Crippen molar-refractivity contribution in [1.29, 1.82) is 0 Å². The van der Waals surface area contributed by atoms with Crippen LogP contribution in [0.3, 0.4) is 0 Å². The molecular formula is C17H20N2O3S. The second kappa shape index (κ2) is 7.21. The van der Waals surface area contributed by atoms with Crippen molar-refractivity contribution in [3.8, 4) is 10.6 Å². The lowest BCUT2D eigenvalue weighted by Gasteiger charge is -2.32. The van der Waals surface area contributed by atoms with E-state index in [2.05, 4.69) is 17.2 Å². The predicted molar refractivity (Wildman–Crippen MR) is 89.6 cm³/mol. The van der Waals surface area contributed by atoms with Gasteiger partial charge in [-0.3, -0.25) is 4.90 Å². The topological polar surface area (TPSA) is 51.7 Å². The van der Waals surface area contributed by atoms with Gasteiger partial charge in [-0.15, -0.1) is 11.3 Å². The van der Waals surface area contributed by atoms with Crippen molar-refractivity contribution in [2.45, 2.75) is 19.5 Å². The summed E-state index contributed by atoms with van der Waals surface area (Å²) in [5.41, 5.74) is 2.65. The molecule has 0 N–H and O–H groups in total. The molecule has 0 amide bonds. The van der Waals surface area contributed by atoms with E-state index in [-0.39, 0.29) is 5.97 Å². The minimum absolute atomic E-state index is 0.322. The molecule has 0 radical (unpaired) electrons. The Kier molecular flexibility index (Phi) is 5.05. The van der Waals surface area contributed by atoms with Gasteiger partial charge in [-0.1, -0.05) is 12.1 Å². The molecule has 23 heavy (non-hydrogen) atoms. The predicted octanol–water partition coefficient (Wildman–Crippen LogP) is 2.82. The molecule has 122 valence electrons. The monoisotopic (exact) mass is 332 g/mol. The Labute approximate surface area is 139 Å². The van der Waals surface area contributed by atoms with E-state index in [4.69, 9.17) is 14.5 Å². The highest BCUT2D eigenvalue weighted by Gasteiger charge is 2.19. The molecule has 0 saturated carbocycles. The van der Waals surface area contributed by atoms with E-state index >= 15 is 0 Å². The number of esters is 1. The molecule has 0 bridgehead atoms. The van der Waals surface area contributed by atoms with Crippen molar-refractivity contribution in [2.75, 3.05) is 26.9 Å². The van der Waals surface area contributed by atoms with E-state index in [0.29, 0.717) is 11.6 Å². The number of methoxy groups -OCH3 is 1. The maximum absolute atomic E-state index is 11.5. The fraction of sp³-hybridized carbons (Fsp3) is 0.412. The lowest BCUT2D eigenvalue weighted by molar-refractivity contribution is -0.00482. The van der Waals surface area contributed by atoms with Gasteiger partial charge in [-0.2, -0.15) is 0 Å². The van der Waals surface area contributed by atoms with Crippen LogP contribution in [0.2, 0.25) is 0 Å². The number of hydrogen-bond donors (Lipinski definition) is 0. The van der Waals surface area contributed by atoms with E-state index in [0.717, 1.165) is 42.6 Å². The number of carbonyl (C=O) groups is 1. The molecule has 1 fully saturated rings. The van der Waals surface area contributed by atoms with E-state index in [1.165, 1.54) is 7.11 Å². The lowest BCUT2D eigenvalue weighted by atomic mass is 10.1. The van der Waals surface area contributed by atoms with Gasteiger partial charge in [0, 0.05) is 30.1 Å². The molecule has 1 aliphatic heterocycles. The van der Waals surface area contributed by atoms with Crippen LogP contribution in [0.25, 0.3) is 10.6 Å². The molecule has 1 saturated heterocycles. The van der Waals surface area contributed by atoms with Gasteiger partial charge in [-0.25, -0.2) is 9.78 Å². The number of benzene rings is 1. The summed E-state index contributed by atoms with van der Waals surface area (Å²) in [7, 11) is 1.38. The maximum atomic E-state index is 11.5. The first-order valence-electron chi connectivity index (χ1n) is 7.62. The van der Waals surface area contributed by atoms with E-state index in [1.807, 2.05) is 12.1 Å². The third-order valence-electron chi connectivity index (χ3n) is 3.98. The standard InChI is InChI=1S/C17H20N2O3S/c1-12-10-22-8-7-19(12)9-15-11-23-16(18-15)13-3-5-14(6-4-13)17(20)21-2/h3-6,11-12H,7-10H2,1-2H3/t12-/m0/s1. The third kappa shape index (κ3) is 3.77. The van der Waals surface area contributed by atoms with Crippen molar-refractivity contribution in [2.24, 2.45) is 0 Å². The first-order valence-corrected chi connectivity index (χ1v) is 8.50. The van der Waals surface area contributed by atoms with Crippen LogP contribution < -0.4 is 0 Å². The number of thiazole rings is 1. The minimum Gasteiger partial charge on any atom is -0.465 e. The van der Waals surface area contributed by atoms with Crippen molar-refractivity contribution >= 4 is 17.3 Å². The van der Waals surface area contributed by atoms with Crippen LogP contribution in [0.5, 0.6) is 0 Å². The SMILES string of the molecule is COC(=O)c1ccc(-c2nc(CN3CCOC[C@@H]3C)cs2)cc1. The molecule has 1 aromatic carbocycles. The Morgan fingerprint density at radius 1 is 1.43 bits per heavy atom. The molecule has 2 aromatic rings. The Bertz CT molecular complexity index is 669. The zero-order valence-electron chi connectivity index (χ0n) is 13.3. The first kappa shape index (κ1) is 16.1. The average molecular weight is 332 g/mol. The summed E-state index contributed by atoms with van der Waals surface area (Å²) in [6.07, 6.45) is 0. The molecule has 0 spiro atoms. The summed E-state index contributed by atoms with van der Waals surface area (Å²) < 4.78 is 10.2. The number of morpholine rings is 1. The molecule has 5 nitrogen and oxygen atoms in total. The zero-order valence-corrected chi connectivity index (χ0v) is 14.1. The summed E-state index contributed by atoms with van der Waals surface area (Å²) in [5.74, 6) is -0.322. The van der Waals surface area contributed by atoms with Crippen LogP contribution in [0.15, 0.2) is 29.6 Å². The number of ether oxygens (including phenoxy) is 2. The number of aromatic nitrogens is 1. The van der Waals surface area contributed by atoms with Crippen LogP contribution in [-0.2, 0) is 16.0 Å². The van der Waals surface area contributed by atoms with Crippen molar-refractivity contribution < 1.29 is 14.3 Å². The summed E-state index contributed by atoms with van der Waals surface area (Å²) in [6, 6.07) is 7.78. The summed E-state index contributed by atoms with van der Waals surface area (Å²) >= 11 is 1.63. The highest BCUT2D eigenvalue weighted by molar-refractivity contribution is 7.13. The van der Waals surface area contributed by atoms with Gasteiger partial charge in [0.1, 0.15) is 5.01 Å². The fourth-order valence-corrected chi connectivity index (χ4v) is 3.40. The largest absolute Gasteiger partial charge is 0.465 e. The highest BCUT2D eigenvalue weighted by atomic mass is 32.1. The normalized spacial score (nSPS) is 18.8. The molecule has 1 atom stereocenters. The van der Waals surface area contributed by atoms with Gasteiger partial charge < -0.3 is 9.47 Å². The van der Waals surface area contributed by atoms with Crippen LogP contribution in [0.4, 0.5) is 0 Å². The van der Waals surface area contributed by atoms with Crippen molar-refractivity contribution in [3.05, 3.63) is 40.9 Å². The number of carbonyl (C=O) groups excluding carboxylic acids is 1. The molecule has 0 unspecified atom stereocenters. The molecule has 1 aliphatic rings. The van der Waals surface area contributed by atoms with Gasteiger partial charge in [0.05, 0.1) is 31.6 Å². The van der Waals surface area contributed by atoms with Gasteiger partial charge >= 0.3 is 5.97 Å². The zero-order chi connectivity index (χ0) is 16.2. The average Bonchev–Trinajstić information content (AvgIpc) is 3.05. The van der Waals surface area contributed by atoms with Gasteiger partial charge in [0.15, 0.2) is 0 Å². The van der Waals surface area contributed by atoms with Crippen molar-refractivity contribution in [3.63, 3.8) is 0 Å². The van der Waals surface area contributed by atoms with E-state index < -0.39 is 0 Å². The summed E-state index contributed by atoms with van der Waals surface area (Å²) in [4.78, 5) is 18.6. The third-order valence-corrected chi connectivity index (χ3v) is 4.92. The molecule has 3 rings (SSSR count). The van der Waals surface area contributed by atoms with Crippen LogP contribution >= 0.6 is 11.3 Å². The first-order chi connectivity index (χ1) is 11.2. The van der Waals surface area contributed by atoms with Gasteiger partial charge in [0.25, 0.3) is 0 Å². The Balaban J connectivity index is 1.70. The second-order valence-electron chi connectivity index (χ2n) is 5.61. The molecule has 2 heterocycles. The minimum atomic E-state index is -0.322. The molecule has 0 aliphatic carbocycles. The fourth-order valence-electron chi connectivity index (χ4n) is 2.58. The number of hydrogen-bond acceptors (Lipinski definition) is 6.